The van der Waals surface area contributed by atoms with E-state index < -0.39 is 0 Å². The molecule has 0 unspecified atom stereocenters. The highest BCUT2D eigenvalue weighted by molar-refractivity contribution is 6.04. The third-order valence-electron chi connectivity index (χ3n) is 5.31. The standard InChI is InChI=1S/C26H20N4O3/c1-16-6-7-21(26-30-29-17(2)33-26)13-23(16)18-8-10-19(11-9-18)25(31)28-22-5-3-4-20(12-22)24-14-27-15-32-24/h3-15H,1-2H3,(H,28,31). The molecule has 1 N–H and O–H groups in total. The lowest BCUT2D eigenvalue weighted by atomic mass is 9.97. The first-order valence-electron chi connectivity index (χ1n) is 10.4. The highest BCUT2D eigenvalue weighted by Gasteiger charge is 2.12. The molecule has 33 heavy (non-hydrogen) atoms. The molecule has 0 radical (unpaired) electrons. The molecule has 0 aliphatic heterocycles. The highest BCUT2D eigenvalue weighted by atomic mass is 16.4. The van der Waals surface area contributed by atoms with Gasteiger partial charge in [-0.25, -0.2) is 4.98 Å². The SMILES string of the molecule is Cc1nnc(-c2ccc(C)c(-c3ccc(C(=O)Nc4cccc(-c5cnco5)c4)cc3)c2)o1. The van der Waals surface area contributed by atoms with Crippen molar-refractivity contribution < 1.29 is 13.6 Å². The molecule has 0 aliphatic carbocycles. The Balaban J connectivity index is 1.36. The topological polar surface area (TPSA) is 94.1 Å². The molecule has 0 bridgehead atoms. The lowest BCUT2D eigenvalue weighted by Crippen LogP contribution is -2.11. The van der Waals surface area contributed by atoms with Gasteiger partial charge in [0.15, 0.2) is 12.2 Å². The minimum Gasteiger partial charge on any atom is -0.444 e. The minimum absolute atomic E-state index is 0.192. The van der Waals surface area contributed by atoms with Crippen LogP contribution in [0, 0.1) is 13.8 Å². The number of amides is 1. The van der Waals surface area contributed by atoms with Gasteiger partial charge in [0.05, 0.1) is 6.20 Å². The maximum absolute atomic E-state index is 12.8. The molecule has 5 aromatic rings. The van der Waals surface area contributed by atoms with Crippen LogP contribution in [0.5, 0.6) is 0 Å². The number of benzene rings is 3. The molecule has 0 spiro atoms. The van der Waals surface area contributed by atoms with E-state index in [9.17, 15) is 4.79 Å². The summed E-state index contributed by atoms with van der Waals surface area (Å²) in [6.45, 7) is 3.81. The van der Waals surface area contributed by atoms with Crippen molar-refractivity contribution in [1.82, 2.24) is 15.2 Å². The summed E-state index contributed by atoms with van der Waals surface area (Å²) in [5, 5.41) is 10.9. The van der Waals surface area contributed by atoms with Crippen molar-refractivity contribution in [2.24, 2.45) is 0 Å². The van der Waals surface area contributed by atoms with Gasteiger partial charge in [-0.3, -0.25) is 4.79 Å². The Labute approximate surface area is 190 Å². The second-order valence-electron chi connectivity index (χ2n) is 7.63. The summed E-state index contributed by atoms with van der Waals surface area (Å²) in [6.07, 6.45) is 3.01. The fourth-order valence-electron chi connectivity index (χ4n) is 3.59. The zero-order valence-corrected chi connectivity index (χ0v) is 18.1. The second kappa shape index (κ2) is 8.55. The summed E-state index contributed by atoms with van der Waals surface area (Å²) >= 11 is 0. The van der Waals surface area contributed by atoms with E-state index in [0.717, 1.165) is 27.8 Å². The second-order valence-corrected chi connectivity index (χ2v) is 7.63. The normalized spacial score (nSPS) is 10.8. The van der Waals surface area contributed by atoms with Crippen LogP contribution in [0.3, 0.4) is 0 Å². The summed E-state index contributed by atoms with van der Waals surface area (Å²) in [5.41, 5.74) is 6.07. The number of aryl methyl sites for hydroxylation is 2. The molecule has 1 amide bonds. The van der Waals surface area contributed by atoms with Crippen LogP contribution >= 0.6 is 0 Å². The van der Waals surface area contributed by atoms with Crippen LogP contribution < -0.4 is 5.32 Å². The van der Waals surface area contributed by atoms with E-state index in [1.807, 2.05) is 73.7 Å². The Bertz CT molecular complexity index is 1420. The van der Waals surface area contributed by atoms with Crippen LogP contribution in [0.2, 0.25) is 0 Å². The van der Waals surface area contributed by atoms with Gasteiger partial charge in [0, 0.05) is 29.3 Å². The Morgan fingerprint density at radius 3 is 2.42 bits per heavy atom. The largest absolute Gasteiger partial charge is 0.444 e. The van der Waals surface area contributed by atoms with Crippen molar-refractivity contribution >= 4 is 11.6 Å². The van der Waals surface area contributed by atoms with Crippen molar-refractivity contribution in [3.05, 3.63) is 96.3 Å². The number of carbonyl (C=O) groups excluding carboxylic acids is 1. The summed E-state index contributed by atoms with van der Waals surface area (Å²) in [7, 11) is 0. The maximum Gasteiger partial charge on any atom is 0.255 e. The van der Waals surface area contributed by atoms with Crippen LogP contribution in [0.4, 0.5) is 5.69 Å². The molecule has 7 nitrogen and oxygen atoms in total. The number of anilines is 1. The predicted molar refractivity (Wildman–Crippen MR) is 125 cm³/mol. The quantitative estimate of drug-likeness (QED) is 0.367. The Morgan fingerprint density at radius 2 is 1.70 bits per heavy atom. The van der Waals surface area contributed by atoms with Gasteiger partial charge in [-0.15, -0.1) is 10.2 Å². The van der Waals surface area contributed by atoms with Gasteiger partial charge >= 0.3 is 0 Å². The van der Waals surface area contributed by atoms with Crippen LogP contribution in [-0.2, 0) is 0 Å². The Kier molecular flexibility index (Phi) is 5.28. The van der Waals surface area contributed by atoms with Gasteiger partial charge in [0.25, 0.3) is 5.91 Å². The molecular formula is C26H20N4O3. The summed E-state index contributed by atoms with van der Waals surface area (Å²) < 4.78 is 10.9. The molecule has 0 saturated heterocycles. The number of hydrogen-bond donors (Lipinski definition) is 1. The minimum atomic E-state index is -0.192. The first-order chi connectivity index (χ1) is 16.1. The Morgan fingerprint density at radius 1 is 0.879 bits per heavy atom. The van der Waals surface area contributed by atoms with Gasteiger partial charge in [-0.05, 0) is 60.0 Å². The fraction of sp³-hybridized carbons (Fsp3) is 0.0769. The van der Waals surface area contributed by atoms with E-state index in [-0.39, 0.29) is 5.91 Å². The Hall–Kier alpha value is -4.52. The number of oxazole rings is 1. The van der Waals surface area contributed by atoms with Gasteiger partial charge in [0.1, 0.15) is 0 Å². The first-order valence-corrected chi connectivity index (χ1v) is 10.4. The highest BCUT2D eigenvalue weighted by Crippen LogP contribution is 2.29. The summed E-state index contributed by atoms with van der Waals surface area (Å²) in [4.78, 5) is 16.7. The van der Waals surface area contributed by atoms with E-state index in [1.54, 1.807) is 13.1 Å². The third-order valence-corrected chi connectivity index (χ3v) is 5.31. The molecule has 2 heterocycles. The average molecular weight is 436 g/mol. The molecule has 2 aromatic heterocycles. The number of hydrogen-bond acceptors (Lipinski definition) is 6. The van der Waals surface area contributed by atoms with E-state index in [4.69, 9.17) is 8.83 Å². The number of aromatic nitrogens is 3. The number of carbonyl (C=O) groups is 1. The van der Waals surface area contributed by atoms with Crippen LogP contribution in [0.25, 0.3) is 33.9 Å². The zero-order valence-electron chi connectivity index (χ0n) is 18.1. The molecule has 0 fully saturated rings. The van der Waals surface area contributed by atoms with E-state index in [0.29, 0.717) is 28.8 Å². The molecule has 0 aliphatic rings. The van der Waals surface area contributed by atoms with Crippen molar-refractivity contribution in [2.75, 3.05) is 5.32 Å². The lowest BCUT2D eigenvalue weighted by Gasteiger charge is -2.10. The van der Waals surface area contributed by atoms with Crippen molar-refractivity contribution in [2.45, 2.75) is 13.8 Å². The van der Waals surface area contributed by atoms with E-state index in [2.05, 4.69) is 20.5 Å². The van der Waals surface area contributed by atoms with Gasteiger partial charge in [0.2, 0.25) is 11.8 Å². The van der Waals surface area contributed by atoms with Gasteiger partial charge < -0.3 is 14.2 Å². The number of nitrogens with one attached hydrogen (secondary N) is 1. The smallest absolute Gasteiger partial charge is 0.255 e. The predicted octanol–water partition coefficient (Wildman–Crippen LogP) is 5.93. The van der Waals surface area contributed by atoms with Crippen molar-refractivity contribution in [3.63, 3.8) is 0 Å². The van der Waals surface area contributed by atoms with Gasteiger partial charge in [-0.2, -0.15) is 0 Å². The number of nitrogens with zero attached hydrogens (tertiary/aromatic N) is 3. The van der Waals surface area contributed by atoms with E-state index >= 15 is 0 Å². The van der Waals surface area contributed by atoms with Crippen LogP contribution in [0.1, 0.15) is 21.8 Å². The fourth-order valence-corrected chi connectivity index (χ4v) is 3.59. The first kappa shape index (κ1) is 20.4. The molecule has 7 heteroatoms. The molecule has 5 rings (SSSR count). The van der Waals surface area contributed by atoms with Crippen LogP contribution in [0.15, 0.2) is 88.2 Å². The third kappa shape index (κ3) is 4.29. The molecule has 0 atom stereocenters. The van der Waals surface area contributed by atoms with Crippen molar-refractivity contribution in [1.29, 1.82) is 0 Å². The molecular weight excluding hydrogens is 416 g/mol. The van der Waals surface area contributed by atoms with E-state index in [1.165, 1.54) is 6.39 Å². The summed E-state index contributed by atoms with van der Waals surface area (Å²) in [5.74, 6) is 1.46. The average Bonchev–Trinajstić information content (AvgIpc) is 3.52. The molecule has 162 valence electrons. The number of rotatable bonds is 5. The molecule has 3 aromatic carbocycles. The molecule has 0 saturated carbocycles. The maximum atomic E-state index is 12.8. The van der Waals surface area contributed by atoms with Crippen molar-refractivity contribution in [3.8, 4) is 33.9 Å². The lowest BCUT2D eigenvalue weighted by molar-refractivity contribution is 0.102. The van der Waals surface area contributed by atoms with Crippen LogP contribution in [-0.4, -0.2) is 21.1 Å². The van der Waals surface area contributed by atoms with Gasteiger partial charge in [-0.1, -0.05) is 30.3 Å². The summed E-state index contributed by atoms with van der Waals surface area (Å²) in [6, 6.07) is 20.9. The zero-order chi connectivity index (χ0) is 22.8. The monoisotopic (exact) mass is 436 g/mol.